The molecule has 1 amide bonds. The summed E-state index contributed by atoms with van der Waals surface area (Å²) in [6.45, 7) is 7.33. The molecule has 1 atom stereocenters. The van der Waals surface area contributed by atoms with Gasteiger partial charge < -0.3 is 9.47 Å². The number of aryl methyl sites for hydroxylation is 3. The molecule has 29 heavy (non-hydrogen) atoms. The summed E-state index contributed by atoms with van der Waals surface area (Å²) in [6.07, 6.45) is 6.38. The summed E-state index contributed by atoms with van der Waals surface area (Å²) in [6, 6.07) is 13.1. The van der Waals surface area contributed by atoms with E-state index in [4.69, 9.17) is 0 Å². The number of nitrogens with zero attached hydrogens (tertiary/aromatic N) is 3. The maximum absolute atomic E-state index is 13.1. The van der Waals surface area contributed by atoms with E-state index in [-0.39, 0.29) is 11.5 Å². The highest BCUT2D eigenvalue weighted by molar-refractivity contribution is 5.95. The van der Waals surface area contributed by atoms with Crippen molar-refractivity contribution in [2.75, 3.05) is 19.6 Å². The first-order valence-electron chi connectivity index (χ1n) is 10.8. The van der Waals surface area contributed by atoms with Crippen LogP contribution in [0.25, 0.3) is 0 Å². The molecule has 0 aliphatic carbocycles. The minimum Gasteiger partial charge on any atom is -0.335 e. The third-order valence-corrected chi connectivity index (χ3v) is 6.54. The Morgan fingerprint density at radius 1 is 1.10 bits per heavy atom. The van der Waals surface area contributed by atoms with E-state index < -0.39 is 0 Å². The van der Waals surface area contributed by atoms with E-state index >= 15 is 0 Å². The molecule has 2 fully saturated rings. The Balaban J connectivity index is 1.44. The summed E-state index contributed by atoms with van der Waals surface area (Å²) < 4.78 is 1.68. The Morgan fingerprint density at radius 3 is 2.59 bits per heavy atom. The van der Waals surface area contributed by atoms with Crippen molar-refractivity contribution in [1.29, 1.82) is 0 Å². The first-order chi connectivity index (χ1) is 14.0. The molecule has 154 valence electrons. The molecule has 4 rings (SSSR count). The van der Waals surface area contributed by atoms with Crippen molar-refractivity contribution in [3.05, 3.63) is 69.6 Å². The van der Waals surface area contributed by atoms with Gasteiger partial charge >= 0.3 is 0 Å². The molecular formula is C24H31N3O2. The Labute approximate surface area is 172 Å². The van der Waals surface area contributed by atoms with Gasteiger partial charge in [-0.2, -0.15) is 0 Å². The molecular weight excluding hydrogens is 362 g/mol. The molecule has 2 aliphatic rings. The Kier molecular flexibility index (Phi) is 5.86. The molecule has 0 radical (unpaired) electrons. The number of hydrogen-bond donors (Lipinski definition) is 0. The van der Waals surface area contributed by atoms with Crippen molar-refractivity contribution < 1.29 is 4.79 Å². The highest BCUT2D eigenvalue weighted by atomic mass is 16.2. The van der Waals surface area contributed by atoms with Crippen LogP contribution < -0.4 is 5.56 Å². The van der Waals surface area contributed by atoms with Gasteiger partial charge in [-0.05, 0) is 56.8 Å². The quantitative estimate of drug-likeness (QED) is 0.784. The van der Waals surface area contributed by atoms with Gasteiger partial charge in [0.15, 0.2) is 0 Å². The number of pyridine rings is 1. The maximum atomic E-state index is 13.1. The van der Waals surface area contributed by atoms with Crippen molar-refractivity contribution in [3.8, 4) is 0 Å². The van der Waals surface area contributed by atoms with Gasteiger partial charge in [0.25, 0.3) is 11.5 Å². The number of benzene rings is 1. The zero-order valence-corrected chi connectivity index (χ0v) is 17.5. The molecule has 2 saturated heterocycles. The van der Waals surface area contributed by atoms with Gasteiger partial charge in [0, 0.05) is 37.9 Å². The lowest BCUT2D eigenvalue weighted by Crippen LogP contribution is -2.64. The molecule has 0 saturated carbocycles. The molecule has 5 nitrogen and oxygen atoms in total. The molecule has 1 aromatic heterocycles. The van der Waals surface area contributed by atoms with Gasteiger partial charge in [0.1, 0.15) is 5.56 Å². The highest BCUT2D eigenvalue weighted by Gasteiger charge is 2.38. The lowest BCUT2D eigenvalue weighted by Gasteiger charge is -2.49. The fourth-order valence-electron chi connectivity index (χ4n) is 4.65. The van der Waals surface area contributed by atoms with Crippen LogP contribution in [-0.2, 0) is 13.0 Å². The molecule has 1 unspecified atom stereocenters. The van der Waals surface area contributed by atoms with Crippen LogP contribution in [0.15, 0.2) is 47.4 Å². The van der Waals surface area contributed by atoms with Crippen LogP contribution in [-0.4, -0.2) is 52.0 Å². The lowest BCUT2D eigenvalue weighted by atomic mass is 9.96. The number of carbonyl (C=O) groups is 1. The summed E-state index contributed by atoms with van der Waals surface area (Å²) in [5.41, 5.74) is 2.13. The van der Waals surface area contributed by atoms with Crippen molar-refractivity contribution in [2.24, 2.45) is 0 Å². The van der Waals surface area contributed by atoms with E-state index in [0.717, 1.165) is 31.6 Å². The van der Waals surface area contributed by atoms with Crippen LogP contribution in [0.4, 0.5) is 0 Å². The van der Waals surface area contributed by atoms with E-state index in [1.165, 1.54) is 24.8 Å². The maximum Gasteiger partial charge on any atom is 0.263 e. The smallest absolute Gasteiger partial charge is 0.263 e. The molecule has 5 heteroatoms. The zero-order chi connectivity index (χ0) is 20.4. The Morgan fingerprint density at radius 2 is 1.86 bits per heavy atom. The van der Waals surface area contributed by atoms with Gasteiger partial charge in [-0.15, -0.1) is 0 Å². The first kappa shape index (κ1) is 19.9. The van der Waals surface area contributed by atoms with Crippen LogP contribution in [0.3, 0.4) is 0 Å². The van der Waals surface area contributed by atoms with Gasteiger partial charge in [-0.25, -0.2) is 0 Å². The molecule has 2 aromatic rings. The predicted molar refractivity (Wildman–Crippen MR) is 115 cm³/mol. The molecule has 3 heterocycles. The highest BCUT2D eigenvalue weighted by Crippen LogP contribution is 2.25. The van der Waals surface area contributed by atoms with Crippen molar-refractivity contribution >= 4 is 5.91 Å². The predicted octanol–water partition coefficient (Wildman–Crippen LogP) is 3.10. The van der Waals surface area contributed by atoms with Gasteiger partial charge in [-0.1, -0.05) is 36.8 Å². The van der Waals surface area contributed by atoms with Crippen LogP contribution in [0.2, 0.25) is 0 Å². The average molecular weight is 394 g/mol. The normalized spacial score (nSPS) is 20.5. The summed E-state index contributed by atoms with van der Waals surface area (Å²) in [5.74, 6) is -0.109. The third kappa shape index (κ3) is 4.15. The van der Waals surface area contributed by atoms with Crippen LogP contribution >= 0.6 is 0 Å². The lowest BCUT2D eigenvalue weighted by molar-refractivity contribution is 0.00195. The molecule has 0 bridgehead atoms. The van der Waals surface area contributed by atoms with E-state index in [0.29, 0.717) is 24.2 Å². The second-order valence-electron chi connectivity index (χ2n) is 8.55. The Hall–Kier alpha value is -2.40. The first-order valence-corrected chi connectivity index (χ1v) is 10.8. The summed E-state index contributed by atoms with van der Waals surface area (Å²) in [4.78, 5) is 30.5. The van der Waals surface area contributed by atoms with Gasteiger partial charge in [0.2, 0.25) is 0 Å². The zero-order valence-electron chi connectivity index (χ0n) is 17.5. The third-order valence-electron chi connectivity index (χ3n) is 6.54. The molecule has 1 aromatic carbocycles. The second kappa shape index (κ2) is 8.54. The van der Waals surface area contributed by atoms with Crippen molar-refractivity contribution in [3.63, 3.8) is 0 Å². The Bertz CT molecular complexity index is 915. The number of hydrogen-bond acceptors (Lipinski definition) is 3. The number of piperidine rings is 1. The fraction of sp³-hybridized carbons (Fsp3) is 0.500. The summed E-state index contributed by atoms with van der Waals surface area (Å²) >= 11 is 0. The monoisotopic (exact) mass is 393 g/mol. The van der Waals surface area contributed by atoms with Gasteiger partial charge in [-0.3, -0.25) is 14.5 Å². The minimum absolute atomic E-state index is 0.109. The van der Waals surface area contributed by atoms with Gasteiger partial charge in [0.05, 0.1) is 0 Å². The van der Waals surface area contributed by atoms with Crippen molar-refractivity contribution in [1.82, 2.24) is 14.4 Å². The molecule has 2 aliphatic heterocycles. The van der Waals surface area contributed by atoms with E-state index in [1.54, 1.807) is 4.57 Å². The number of carbonyl (C=O) groups excluding carboxylic acids is 1. The standard InChI is InChI=1S/C24H31N3O2/c1-18-11-14-25(15-12-20-9-4-3-5-10-20)23(28)22(18)24(29)26-16-21(17-26)27-13-7-6-8-19(27)2/h3-5,9-11,14,19,21H,6-8,12-13,15-17H2,1-2H3. The molecule has 0 N–H and O–H groups in total. The van der Waals surface area contributed by atoms with E-state index in [9.17, 15) is 9.59 Å². The largest absolute Gasteiger partial charge is 0.335 e. The number of rotatable bonds is 5. The van der Waals surface area contributed by atoms with Crippen molar-refractivity contribution in [2.45, 2.75) is 58.2 Å². The average Bonchev–Trinajstić information content (AvgIpc) is 2.68. The van der Waals surface area contributed by atoms with Crippen LogP contribution in [0.5, 0.6) is 0 Å². The van der Waals surface area contributed by atoms with Crippen LogP contribution in [0.1, 0.15) is 47.7 Å². The number of amides is 1. The minimum atomic E-state index is -0.166. The summed E-state index contributed by atoms with van der Waals surface area (Å²) in [5, 5.41) is 0. The SMILES string of the molecule is Cc1ccn(CCc2ccccc2)c(=O)c1C(=O)N1CC(N2CCCCC2C)C1. The second-order valence-corrected chi connectivity index (χ2v) is 8.55. The number of aromatic nitrogens is 1. The van der Waals surface area contributed by atoms with E-state index in [2.05, 4.69) is 24.0 Å². The number of likely N-dealkylation sites (tertiary alicyclic amines) is 2. The topological polar surface area (TPSA) is 45.6 Å². The van der Waals surface area contributed by atoms with E-state index in [1.807, 2.05) is 42.3 Å². The molecule has 0 spiro atoms. The summed E-state index contributed by atoms with van der Waals surface area (Å²) in [7, 11) is 0. The fourth-order valence-corrected chi connectivity index (χ4v) is 4.65. The van der Waals surface area contributed by atoms with Crippen LogP contribution in [0, 0.1) is 6.92 Å².